The van der Waals surface area contributed by atoms with Crippen molar-refractivity contribution >= 4 is 5.69 Å². The summed E-state index contributed by atoms with van der Waals surface area (Å²) < 4.78 is 37.1. The third-order valence-electron chi connectivity index (χ3n) is 2.21. The fourth-order valence-corrected chi connectivity index (χ4v) is 1.31. The van der Waals surface area contributed by atoms with Crippen LogP contribution in [0.5, 0.6) is 0 Å². The highest BCUT2D eigenvalue weighted by Crippen LogP contribution is 2.35. The van der Waals surface area contributed by atoms with Crippen LogP contribution in [-0.2, 0) is 6.18 Å². The molecule has 0 amide bonds. The van der Waals surface area contributed by atoms with Gasteiger partial charge >= 0.3 is 6.18 Å². The van der Waals surface area contributed by atoms with E-state index in [-0.39, 0.29) is 5.56 Å². The second kappa shape index (κ2) is 4.41. The summed E-state index contributed by atoms with van der Waals surface area (Å²) >= 11 is 0. The summed E-state index contributed by atoms with van der Waals surface area (Å²) in [4.78, 5) is 9.73. The van der Waals surface area contributed by atoms with E-state index in [1.807, 2.05) is 0 Å². The van der Waals surface area contributed by atoms with Gasteiger partial charge in [-0.1, -0.05) is 6.07 Å². The molecular formula is C10H7F3N2O2. The molecule has 0 saturated heterocycles. The zero-order valence-electron chi connectivity index (χ0n) is 8.65. The molecule has 0 aliphatic heterocycles. The van der Waals surface area contributed by atoms with Crippen molar-refractivity contribution in [2.24, 2.45) is 0 Å². The summed E-state index contributed by atoms with van der Waals surface area (Å²) in [6, 6.07) is 3.90. The average molecular weight is 244 g/mol. The van der Waals surface area contributed by atoms with Crippen LogP contribution < -0.4 is 0 Å². The first-order chi connectivity index (χ1) is 7.77. The summed E-state index contributed by atoms with van der Waals surface area (Å²) in [5.74, 6) is -0.835. The smallest absolute Gasteiger partial charge is 0.258 e. The number of alkyl halides is 3. The van der Waals surface area contributed by atoms with Crippen LogP contribution in [0.25, 0.3) is 0 Å². The van der Waals surface area contributed by atoms with Gasteiger partial charge in [0.25, 0.3) is 5.69 Å². The minimum atomic E-state index is -4.64. The third-order valence-corrected chi connectivity index (χ3v) is 2.21. The molecule has 1 rings (SSSR count). The van der Waals surface area contributed by atoms with Crippen LogP contribution in [0.3, 0.4) is 0 Å². The Morgan fingerprint density at radius 2 is 2.06 bits per heavy atom. The Labute approximate surface area is 94.4 Å². The Kier molecular flexibility index (Phi) is 3.36. The summed E-state index contributed by atoms with van der Waals surface area (Å²) in [5, 5.41) is 19.3. The lowest BCUT2D eigenvalue weighted by Crippen LogP contribution is -2.07. The van der Waals surface area contributed by atoms with Crippen molar-refractivity contribution in [1.82, 2.24) is 0 Å². The number of benzene rings is 1. The fraction of sp³-hybridized carbons (Fsp3) is 0.300. The van der Waals surface area contributed by atoms with Crippen LogP contribution >= 0.6 is 0 Å². The summed E-state index contributed by atoms with van der Waals surface area (Å²) in [6.07, 6.45) is -4.64. The van der Waals surface area contributed by atoms with E-state index < -0.39 is 28.3 Å². The maximum absolute atomic E-state index is 12.4. The Hall–Kier alpha value is -2.10. The fourth-order valence-electron chi connectivity index (χ4n) is 1.31. The van der Waals surface area contributed by atoms with Crippen LogP contribution in [0.15, 0.2) is 18.2 Å². The van der Waals surface area contributed by atoms with Gasteiger partial charge in [0.2, 0.25) is 0 Å². The van der Waals surface area contributed by atoms with Crippen LogP contribution in [-0.4, -0.2) is 4.92 Å². The molecule has 0 aliphatic rings. The molecule has 0 saturated carbocycles. The summed E-state index contributed by atoms with van der Waals surface area (Å²) in [7, 11) is 0. The molecule has 0 aliphatic carbocycles. The van der Waals surface area contributed by atoms with Crippen molar-refractivity contribution in [1.29, 1.82) is 5.26 Å². The van der Waals surface area contributed by atoms with Gasteiger partial charge in [-0.3, -0.25) is 10.1 Å². The molecule has 1 aromatic carbocycles. The molecule has 0 bridgehead atoms. The van der Waals surface area contributed by atoms with Gasteiger partial charge in [0.1, 0.15) is 0 Å². The molecule has 0 heterocycles. The van der Waals surface area contributed by atoms with E-state index in [1.54, 1.807) is 6.07 Å². The SMILES string of the molecule is CC(C#N)c1ccc(C(F)(F)F)cc1[N+](=O)[O-]. The third kappa shape index (κ3) is 2.72. The van der Waals surface area contributed by atoms with Crippen LogP contribution in [0, 0.1) is 21.4 Å². The number of hydrogen-bond acceptors (Lipinski definition) is 3. The van der Waals surface area contributed by atoms with Gasteiger partial charge in [0, 0.05) is 11.6 Å². The molecule has 0 aromatic heterocycles. The molecule has 1 unspecified atom stereocenters. The van der Waals surface area contributed by atoms with Crippen LogP contribution in [0.1, 0.15) is 24.0 Å². The molecule has 7 heteroatoms. The molecule has 0 radical (unpaired) electrons. The lowest BCUT2D eigenvalue weighted by atomic mass is 9.99. The Morgan fingerprint density at radius 1 is 1.47 bits per heavy atom. The van der Waals surface area contributed by atoms with Gasteiger partial charge in [-0.25, -0.2) is 0 Å². The minimum Gasteiger partial charge on any atom is -0.258 e. The Morgan fingerprint density at radius 3 is 2.47 bits per heavy atom. The van der Waals surface area contributed by atoms with Crippen molar-refractivity contribution < 1.29 is 18.1 Å². The van der Waals surface area contributed by atoms with E-state index in [0.29, 0.717) is 6.07 Å². The monoisotopic (exact) mass is 244 g/mol. The zero-order chi connectivity index (χ0) is 13.2. The number of nitrogens with zero attached hydrogens (tertiary/aromatic N) is 2. The molecule has 0 spiro atoms. The van der Waals surface area contributed by atoms with Crippen molar-refractivity contribution in [3.8, 4) is 6.07 Å². The lowest BCUT2D eigenvalue weighted by Gasteiger charge is -2.09. The van der Waals surface area contributed by atoms with Gasteiger partial charge in [-0.2, -0.15) is 18.4 Å². The van der Waals surface area contributed by atoms with Gasteiger partial charge in [0.15, 0.2) is 0 Å². The standard InChI is InChI=1S/C10H7F3N2O2/c1-6(5-14)8-3-2-7(10(11,12)13)4-9(8)15(16)17/h2-4,6H,1H3. The second-order valence-corrected chi connectivity index (χ2v) is 3.38. The van der Waals surface area contributed by atoms with Crippen LogP contribution in [0.2, 0.25) is 0 Å². The summed E-state index contributed by atoms with van der Waals surface area (Å²) in [5.41, 5.74) is -1.81. The highest BCUT2D eigenvalue weighted by atomic mass is 19.4. The zero-order valence-corrected chi connectivity index (χ0v) is 8.65. The minimum absolute atomic E-state index is 0.0227. The van der Waals surface area contributed by atoms with Gasteiger partial charge in [0.05, 0.1) is 22.5 Å². The van der Waals surface area contributed by atoms with Crippen LogP contribution in [0.4, 0.5) is 18.9 Å². The number of nitro benzene ring substituents is 1. The molecular weight excluding hydrogens is 237 g/mol. The predicted octanol–water partition coefficient (Wildman–Crippen LogP) is 3.24. The molecule has 0 fully saturated rings. The number of nitro groups is 1. The molecule has 90 valence electrons. The molecule has 1 atom stereocenters. The van der Waals surface area contributed by atoms with Crippen molar-refractivity contribution in [3.05, 3.63) is 39.4 Å². The van der Waals surface area contributed by atoms with E-state index in [4.69, 9.17) is 5.26 Å². The van der Waals surface area contributed by atoms with Crippen molar-refractivity contribution in [3.63, 3.8) is 0 Å². The quantitative estimate of drug-likeness (QED) is 0.592. The first-order valence-electron chi connectivity index (χ1n) is 4.52. The highest BCUT2D eigenvalue weighted by Gasteiger charge is 2.33. The molecule has 1 aromatic rings. The van der Waals surface area contributed by atoms with E-state index in [0.717, 1.165) is 12.1 Å². The lowest BCUT2D eigenvalue weighted by molar-refractivity contribution is -0.385. The Balaban J connectivity index is 3.39. The normalized spacial score (nSPS) is 12.9. The summed E-state index contributed by atoms with van der Waals surface area (Å²) in [6.45, 7) is 1.38. The van der Waals surface area contributed by atoms with Gasteiger partial charge in [-0.05, 0) is 13.0 Å². The Bertz CT molecular complexity index is 491. The maximum atomic E-state index is 12.4. The van der Waals surface area contributed by atoms with Crippen molar-refractivity contribution in [2.45, 2.75) is 19.0 Å². The van der Waals surface area contributed by atoms with Gasteiger partial charge in [-0.15, -0.1) is 0 Å². The number of halogens is 3. The van der Waals surface area contributed by atoms with E-state index >= 15 is 0 Å². The maximum Gasteiger partial charge on any atom is 0.416 e. The number of hydrogen-bond donors (Lipinski definition) is 0. The topological polar surface area (TPSA) is 66.9 Å². The molecule has 0 N–H and O–H groups in total. The first kappa shape index (κ1) is 13.0. The van der Waals surface area contributed by atoms with Crippen molar-refractivity contribution in [2.75, 3.05) is 0 Å². The predicted molar refractivity (Wildman–Crippen MR) is 52.1 cm³/mol. The van der Waals surface area contributed by atoms with Gasteiger partial charge < -0.3 is 0 Å². The first-order valence-corrected chi connectivity index (χ1v) is 4.52. The second-order valence-electron chi connectivity index (χ2n) is 3.38. The molecule has 17 heavy (non-hydrogen) atoms. The molecule has 4 nitrogen and oxygen atoms in total. The number of rotatable bonds is 2. The highest BCUT2D eigenvalue weighted by molar-refractivity contribution is 5.47. The number of nitriles is 1. The van der Waals surface area contributed by atoms with E-state index in [2.05, 4.69) is 0 Å². The van der Waals surface area contributed by atoms with E-state index in [9.17, 15) is 23.3 Å². The largest absolute Gasteiger partial charge is 0.416 e. The average Bonchev–Trinajstić information content (AvgIpc) is 2.25. The van der Waals surface area contributed by atoms with E-state index in [1.165, 1.54) is 6.92 Å².